The summed E-state index contributed by atoms with van der Waals surface area (Å²) in [7, 11) is 4.21. The van der Waals surface area contributed by atoms with Crippen molar-refractivity contribution in [3.63, 3.8) is 0 Å². The van der Waals surface area contributed by atoms with E-state index in [4.69, 9.17) is 9.47 Å². The Morgan fingerprint density at radius 1 is 0.765 bits per heavy atom. The van der Waals surface area contributed by atoms with E-state index in [-0.39, 0.29) is 40.7 Å². The molecule has 0 bridgehead atoms. The van der Waals surface area contributed by atoms with E-state index < -0.39 is 46.5 Å². The quantitative estimate of drug-likeness (QED) is 0.233. The van der Waals surface area contributed by atoms with Gasteiger partial charge in [-0.3, -0.25) is 14.6 Å². The number of likely N-dealkylation sites (tertiary alicyclic amines) is 2. The summed E-state index contributed by atoms with van der Waals surface area (Å²) < 4.78 is 12.7. The molecule has 0 amide bonds. The number of aliphatic hydroxyl groups is 1. The Balaban J connectivity index is 2.17. The third-order valence-corrected chi connectivity index (χ3v) is 12.4. The monoisotopic (exact) mass is 715 g/mol. The normalized spacial score (nSPS) is 23.3. The van der Waals surface area contributed by atoms with Gasteiger partial charge in [0.25, 0.3) is 0 Å². The average molecular weight is 715 g/mol. The summed E-state index contributed by atoms with van der Waals surface area (Å²) in [4.78, 5) is 34.0. The van der Waals surface area contributed by atoms with E-state index in [1.54, 1.807) is 0 Å². The average Bonchev–Trinajstić information content (AvgIpc) is 2.94. The Morgan fingerprint density at radius 2 is 1.14 bits per heavy atom. The zero-order chi connectivity index (χ0) is 39.3. The molecule has 2 heterocycles. The molecular weight excluding hydrogens is 640 g/mol. The summed E-state index contributed by atoms with van der Waals surface area (Å²) in [5.41, 5.74) is -1.57. The van der Waals surface area contributed by atoms with Gasteiger partial charge >= 0.3 is 11.9 Å². The number of hydrogen-bond acceptors (Lipinski definition) is 8. The van der Waals surface area contributed by atoms with Crippen LogP contribution in [0, 0.1) is 5.92 Å². The summed E-state index contributed by atoms with van der Waals surface area (Å²) in [5, 5.41) is 24.3. The van der Waals surface area contributed by atoms with Gasteiger partial charge in [0.2, 0.25) is 0 Å². The fourth-order valence-corrected chi connectivity index (χ4v) is 8.73. The Hall–Kier alpha value is -2.16. The topological polar surface area (TPSA) is 99.5 Å². The molecule has 0 radical (unpaired) electrons. The number of carbonyl (C=O) groups is 2. The molecular formula is C43H74N2O6. The number of phenolic OH excluding ortho intramolecular Hbond substituents is 1. The molecule has 2 N–H and O–H groups in total. The van der Waals surface area contributed by atoms with E-state index >= 15 is 0 Å². The number of rotatable bonds is 10. The zero-order valence-electron chi connectivity index (χ0n) is 35.5. The van der Waals surface area contributed by atoms with Crippen molar-refractivity contribution in [3.05, 3.63) is 28.8 Å². The summed E-state index contributed by atoms with van der Waals surface area (Å²) in [5.74, 6) is -2.32. The van der Waals surface area contributed by atoms with E-state index in [0.29, 0.717) is 32.1 Å². The van der Waals surface area contributed by atoms with Crippen LogP contribution in [0.3, 0.4) is 0 Å². The highest BCUT2D eigenvalue weighted by molar-refractivity contribution is 5.88. The molecule has 8 nitrogen and oxygen atoms in total. The smallest absolute Gasteiger partial charge is 0.339 e. The molecule has 2 saturated heterocycles. The molecule has 1 aromatic carbocycles. The van der Waals surface area contributed by atoms with Crippen LogP contribution in [-0.4, -0.2) is 86.0 Å². The van der Waals surface area contributed by atoms with Crippen LogP contribution < -0.4 is 0 Å². The molecule has 0 saturated carbocycles. The molecule has 8 heteroatoms. The number of benzene rings is 1. The Kier molecular flexibility index (Phi) is 12.4. The molecule has 2 unspecified atom stereocenters. The summed E-state index contributed by atoms with van der Waals surface area (Å²) in [6.07, 6.45) is 3.06. The third kappa shape index (κ3) is 9.51. The zero-order valence-corrected chi connectivity index (χ0v) is 35.5. The Bertz CT molecular complexity index is 1340. The largest absolute Gasteiger partial charge is 0.507 e. The van der Waals surface area contributed by atoms with Gasteiger partial charge in [0, 0.05) is 47.8 Å². The molecule has 2 atom stereocenters. The number of nitrogens with zero attached hydrogens (tertiary/aromatic N) is 2. The highest BCUT2D eigenvalue weighted by Crippen LogP contribution is 2.44. The van der Waals surface area contributed by atoms with Crippen LogP contribution in [0.1, 0.15) is 165 Å². The molecule has 51 heavy (non-hydrogen) atoms. The number of esters is 2. The number of carbonyl (C=O) groups excluding carboxylic acids is 2. The number of aromatic hydroxyl groups is 1. The number of hydrogen-bond donors (Lipinski definition) is 2. The van der Waals surface area contributed by atoms with E-state index in [1.165, 1.54) is 0 Å². The molecule has 2 aliphatic heterocycles. The van der Waals surface area contributed by atoms with E-state index in [1.807, 2.05) is 60.6 Å². The van der Waals surface area contributed by atoms with Crippen molar-refractivity contribution >= 4 is 11.9 Å². The molecule has 1 aromatic rings. The van der Waals surface area contributed by atoms with Crippen LogP contribution in [0.15, 0.2) is 12.1 Å². The first kappa shape index (κ1) is 43.2. The van der Waals surface area contributed by atoms with E-state index in [0.717, 1.165) is 23.1 Å². The lowest BCUT2D eigenvalue weighted by Crippen LogP contribution is -2.62. The van der Waals surface area contributed by atoms with Gasteiger partial charge in [-0.25, -0.2) is 4.79 Å². The van der Waals surface area contributed by atoms with Gasteiger partial charge in [-0.1, -0.05) is 73.4 Å². The van der Waals surface area contributed by atoms with Crippen molar-refractivity contribution in [2.75, 3.05) is 14.1 Å². The van der Waals surface area contributed by atoms with Crippen molar-refractivity contribution in [1.29, 1.82) is 0 Å². The van der Waals surface area contributed by atoms with Crippen LogP contribution in [0.4, 0.5) is 0 Å². The summed E-state index contributed by atoms with van der Waals surface area (Å²) in [6, 6.07) is 3.86. The minimum Gasteiger partial charge on any atom is -0.507 e. The Morgan fingerprint density at radius 3 is 1.49 bits per heavy atom. The fourth-order valence-electron chi connectivity index (χ4n) is 8.73. The number of unbranched alkanes of at least 4 members (excludes halogenated alkanes) is 1. The lowest BCUT2D eigenvalue weighted by atomic mass is 9.75. The number of piperidine rings is 2. The minimum atomic E-state index is -2.12. The third-order valence-electron chi connectivity index (χ3n) is 12.4. The molecule has 3 rings (SSSR count). The van der Waals surface area contributed by atoms with Crippen molar-refractivity contribution in [1.82, 2.24) is 9.80 Å². The maximum absolute atomic E-state index is 14.7. The number of ether oxygens (including phenoxy) is 2. The molecule has 2 fully saturated rings. The van der Waals surface area contributed by atoms with Gasteiger partial charge < -0.3 is 19.7 Å². The van der Waals surface area contributed by atoms with Gasteiger partial charge in [0.15, 0.2) is 5.60 Å². The number of phenols is 1. The second kappa shape index (κ2) is 14.6. The van der Waals surface area contributed by atoms with Crippen LogP contribution in [0.2, 0.25) is 0 Å². The lowest BCUT2D eigenvalue weighted by Gasteiger charge is -2.53. The summed E-state index contributed by atoms with van der Waals surface area (Å²) in [6.45, 7) is 31.5. The van der Waals surface area contributed by atoms with Gasteiger partial charge in [-0.05, 0) is 110 Å². The molecule has 0 spiro atoms. The summed E-state index contributed by atoms with van der Waals surface area (Å²) >= 11 is 0. The lowest BCUT2D eigenvalue weighted by molar-refractivity contribution is -0.196. The van der Waals surface area contributed by atoms with Crippen LogP contribution in [-0.2, 0) is 36.3 Å². The first-order valence-corrected chi connectivity index (χ1v) is 19.4. The predicted molar refractivity (Wildman–Crippen MR) is 207 cm³/mol. The molecule has 0 aromatic heterocycles. The van der Waals surface area contributed by atoms with Gasteiger partial charge in [0.1, 0.15) is 23.9 Å². The highest BCUT2D eigenvalue weighted by Gasteiger charge is 2.53. The molecule has 2 aliphatic rings. The van der Waals surface area contributed by atoms with Gasteiger partial charge in [-0.2, -0.15) is 0 Å². The maximum Gasteiger partial charge on any atom is 0.339 e. The SMILES string of the molecule is CCCCC(O)(C(=O)OC1CC(C)(C)N(C)C(C)(C)C1)C(Cc1cc(C(C)(C)C)c(O)c(C(C)(C)C)c1)C(=O)OC1CC(C)(C)N(C)C(C)(C)C1. The first-order valence-electron chi connectivity index (χ1n) is 19.4. The van der Waals surface area contributed by atoms with Crippen LogP contribution in [0.25, 0.3) is 0 Å². The standard InChI is InChI=1S/C43H74N2O6/c1-18-19-20-43(49,36(48)51-30-26-41(12,13)45(17)42(14,15)27-30)33(35(47)50-29-24-39(8,9)44(16)40(10,11)25-29)23-28-21-31(37(2,3)4)34(46)32(22-28)38(5,6)7/h21-22,29-30,33,46,49H,18-20,23-27H2,1-17H3. The fraction of sp³-hybridized carbons (Fsp3) is 0.814. The van der Waals surface area contributed by atoms with Crippen molar-refractivity contribution < 1.29 is 29.3 Å². The van der Waals surface area contributed by atoms with E-state index in [2.05, 4.69) is 79.3 Å². The minimum absolute atomic E-state index is 0.0599. The van der Waals surface area contributed by atoms with Crippen molar-refractivity contribution in [2.45, 2.75) is 206 Å². The van der Waals surface area contributed by atoms with Gasteiger partial charge in [-0.15, -0.1) is 0 Å². The van der Waals surface area contributed by atoms with Crippen molar-refractivity contribution in [2.24, 2.45) is 5.92 Å². The van der Waals surface area contributed by atoms with Crippen LogP contribution in [0.5, 0.6) is 5.75 Å². The maximum atomic E-state index is 14.7. The molecule has 0 aliphatic carbocycles. The molecule has 292 valence electrons. The van der Waals surface area contributed by atoms with Crippen LogP contribution >= 0.6 is 0 Å². The Labute approximate surface area is 311 Å². The highest BCUT2D eigenvalue weighted by atomic mass is 16.6. The second-order valence-electron chi connectivity index (χ2n) is 20.6. The van der Waals surface area contributed by atoms with Crippen molar-refractivity contribution in [3.8, 4) is 5.75 Å². The predicted octanol–water partition coefficient (Wildman–Crippen LogP) is 8.46. The second-order valence-corrected chi connectivity index (χ2v) is 20.6. The van der Waals surface area contributed by atoms with Gasteiger partial charge in [0.05, 0.1) is 0 Å². The first-order chi connectivity index (χ1) is 22.9. The van der Waals surface area contributed by atoms with E-state index in [9.17, 15) is 19.8 Å².